The van der Waals surface area contributed by atoms with Crippen LogP contribution in [0.15, 0.2) is 76.4 Å². The molecule has 30 heavy (non-hydrogen) atoms. The van der Waals surface area contributed by atoms with Gasteiger partial charge in [0, 0.05) is 41.0 Å². The molecule has 3 N–H and O–H groups in total. The number of rotatable bonds is 4. The van der Waals surface area contributed by atoms with Gasteiger partial charge in [-0.2, -0.15) is 0 Å². The summed E-state index contributed by atoms with van der Waals surface area (Å²) >= 11 is 0. The number of aromatic amines is 1. The molecule has 0 unspecified atom stereocenters. The van der Waals surface area contributed by atoms with Crippen LogP contribution in [0.4, 0.5) is 11.5 Å². The Morgan fingerprint density at radius 2 is 1.97 bits per heavy atom. The fraction of sp³-hybridized carbons (Fsp3) is 0.0455. The van der Waals surface area contributed by atoms with Crippen LogP contribution in [0.2, 0.25) is 0 Å². The summed E-state index contributed by atoms with van der Waals surface area (Å²) in [7, 11) is 0. The van der Waals surface area contributed by atoms with Crippen LogP contribution >= 0.6 is 0 Å². The van der Waals surface area contributed by atoms with E-state index in [1.165, 1.54) is 6.07 Å². The second-order valence-corrected chi connectivity index (χ2v) is 6.90. The van der Waals surface area contributed by atoms with Crippen LogP contribution < -0.4 is 16.2 Å². The molecule has 1 amide bonds. The van der Waals surface area contributed by atoms with E-state index in [2.05, 4.69) is 20.7 Å². The molecule has 0 atom stereocenters. The fourth-order valence-corrected chi connectivity index (χ4v) is 3.40. The first kappa shape index (κ1) is 17.7. The molecule has 0 saturated carbocycles. The lowest BCUT2D eigenvalue weighted by Crippen LogP contribution is -2.06. The molecule has 0 saturated heterocycles. The fourth-order valence-electron chi connectivity index (χ4n) is 3.40. The normalized spacial score (nSPS) is 14.0. The van der Waals surface area contributed by atoms with Gasteiger partial charge in [-0.1, -0.05) is 0 Å². The van der Waals surface area contributed by atoms with Crippen molar-refractivity contribution in [3.05, 3.63) is 88.8 Å². The first-order chi connectivity index (χ1) is 14.6. The average molecular weight is 399 g/mol. The highest BCUT2D eigenvalue weighted by molar-refractivity contribution is 6.31. The molecule has 4 heterocycles. The number of H-pyrrole nitrogens is 1. The Morgan fingerprint density at radius 1 is 1.13 bits per heavy atom. The van der Waals surface area contributed by atoms with Crippen LogP contribution in [-0.4, -0.2) is 20.7 Å². The predicted molar refractivity (Wildman–Crippen MR) is 113 cm³/mol. The highest BCUT2D eigenvalue weighted by Gasteiger charge is 2.26. The molecule has 4 aromatic rings. The summed E-state index contributed by atoms with van der Waals surface area (Å²) < 4.78 is 7.14. The second kappa shape index (κ2) is 6.93. The van der Waals surface area contributed by atoms with Crippen LogP contribution in [0.25, 0.3) is 22.6 Å². The Balaban J connectivity index is 1.41. The number of hydrogen-bond acceptors (Lipinski definition) is 5. The summed E-state index contributed by atoms with van der Waals surface area (Å²) in [6.07, 6.45) is 4.92. The third kappa shape index (κ3) is 3.10. The summed E-state index contributed by atoms with van der Waals surface area (Å²) in [4.78, 5) is 28.2. The zero-order chi connectivity index (χ0) is 20.7. The van der Waals surface area contributed by atoms with E-state index in [9.17, 15) is 9.59 Å². The van der Waals surface area contributed by atoms with Crippen LogP contribution in [0, 0.1) is 6.92 Å². The summed E-state index contributed by atoms with van der Waals surface area (Å²) in [6.45, 7) is 1.86. The van der Waals surface area contributed by atoms with E-state index in [1.807, 2.05) is 43.3 Å². The second-order valence-electron chi connectivity index (χ2n) is 6.90. The molecule has 8 heteroatoms. The van der Waals surface area contributed by atoms with Gasteiger partial charge in [0.05, 0.1) is 17.5 Å². The number of carbonyl (C=O) groups excluding carboxylic acids is 1. The quantitative estimate of drug-likeness (QED) is 0.455. The molecule has 0 spiro atoms. The van der Waals surface area contributed by atoms with Gasteiger partial charge in [-0.05, 0) is 49.4 Å². The minimum atomic E-state index is -0.223. The Bertz CT molecular complexity index is 1330. The lowest BCUT2D eigenvalue weighted by Gasteiger charge is -2.07. The Morgan fingerprint density at radius 3 is 2.67 bits per heavy atom. The Labute approximate surface area is 170 Å². The lowest BCUT2D eigenvalue weighted by atomic mass is 10.1. The monoisotopic (exact) mass is 399 g/mol. The maximum Gasteiger partial charge on any atom is 0.264 e. The number of amides is 1. The minimum absolute atomic E-state index is 0.145. The number of hydrogen-bond donors (Lipinski definition) is 3. The molecule has 1 aliphatic heterocycles. The number of nitrogens with one attached hydrogen (secondary N) is 3. The first-order valence-corrected chi connectivity index (χ1v) is 9.30. The maximum absolute atomic E-state index is 12.4. The number of nitrogens with zero attached hydrogens (tertiary/aromatic N) is 2. The number of anilines is 2. The molecule has 148 valence electrons. The summed E-state index contributed by atoms with van der Waals surface area (Å²) in [5, 5.41) is 8.68. The zero-order valence-corrected chi connectivity index (χ0v) is 16.0. The van der Waals surface area contributed by atoms with E-state index in [1.54, 1.807) is 29.4 Å². The molecule has 0 fully saturated rings. The van der Waals surface area contributed by atoms with Gasteiger partial charge in [0.25, 0.3) is 11.5 Å². The molecular weight excluding hydrogens is 382 g/mol. The number of carbonyl (C=O) groups is 1. The lowest BCUT2D eigenvalue weighted by molar-refractivity contribution is -0.110. The molecule has 0 aliphatic carbocycles. The smallest absolute Gasteiger partial charge is 0.264 e. The summed E-state index contributed by atoms with van der Waals surface area (Å²) in [5.41, 5.74) is 4.30. The largest absolute Gasteiger partial charge is 0.464 e. The van der Waals surface area contributed by atoms with Gasteiger partial charge < -0.3 is 15.1 Å². The van der Waals surface area contributed by atoms with Gasteiger partial charge in [-0.25, -0.2) is 4.98 Å². The maximum atomic E-state index is 12.4. The van der Waals surface area contributed by atoms with Crippen molar-refractivity contribution in [2.75, 3.05) is 10.6 Å². The molecule has 1 aromatic carbocycles. The molecule has 8 nitrogen and oxygen atoms in total. The van der Waals surface area contributed by atoms with Crippen molar-refractivity contribution in [3.63, 3.8) is 0 Å². The van der Waals surface area contributed by atoms with E-state index in [4.69, 9.17) is 4.42 Å². The zero-order valence-electron chi connectivity index (χ0n) is 16.0. The van der Waals surface area contributed by atoms with Gasteiger partial charge in [-0.3, -0.25) is 19.4 Å². The molecular formula is C22H17N5O3. The third-order valence-electron chi connectivity index (χ3n) is 4.88. The van der Waals surface area contributed by atoms with Crippen molar-refractivity contribution >= 4 is 23.0 Å². The van der Waals surface area contributed by atoms with Crippen molar-refractivity contribution < 1.29 is 9.21 Å². The standard InChI is InChI=1S/C22H17N5O3/c1-13-9-20(28)26-27(13)16-6-4-15(5-7-16)23-12-18-17-10-14(19-3-2-8-30-19)11-24-21(17)25-22(18)29/h2-12,23H,1H3,(H,26,28)(H,24,25,29)/b18-12-. The van der Waals surface area contributed by atoms with Crippen LogP contribution in [-0.2, 0) is 4.79 Å². The van der Waals surface area contributed by atoms with Crippen molar-refractivity contribution in [1.82, 2.24) is 14.8 Å². The van der Waals surface area contributed by atoms with E-state index in [0.717, 1.165) is 22.6 Å². The van der Waals surface area contributed by atoms with Crippen molar-refractivity contribution in [3.8, 4) is 17.0 Å². The number of pyridine rings is 1. The Kier molecular flexibility index (Phi) is 4.10. The van der Waals surface area contributed by atoms with Crippen molar-refractivity contribution in [1.29, 1.82) is 0 Å². The molecule has 0 bridgehead atoms. The van der Waals surface area contributed by atoms with E-state index in [0.29, 0.717) is 22.7 Å². The first-order valence-electron chi connectivity index (χ1n) is 9.30. The highest BCUT2D eigenvalue weighted by Crippen LogP contribution is 2.33. The number of furan rings is 1. The predicted octanol–water partition coefficient (Wildman–Crippen LogP) is 3.53. The molecule has 3 aromatic heterocycles. The van der Waals surface area contributed by atoms with Crippen molar-refractivity contribution in [2.24, 2.45) is 0 Å². The Hall–Kier alpha value is -4.33. The minimum Gasteiger partial charge on any atom is -0.464 e. The van der Waals surface area contributed by atoms with Crippen LogP contribution in [0.3, 0.4) is 0 Å². The average Bonchev–Trinajstić information content (AvgIpc) is 3.45. The topological polar surface area (TPSA) is 105 Å². The van der Waals surface area contributed by atoms with Crippen LogP contribution in [0.1, 0.15) is 11.3 Å². The summed E-state index contributed by atoms with van der Waals surface area (Å²) in [6, 6.07) is 14.6. The number of aryl methyl sites for hydroxylation is 1. The van der Waals surface area contributed by atoms with E-state index in [-0.39, 0.29) is 11.5 Å². The van der Waals surface area contributed by atoms with Gasteiger partial charge in [0.2, 0.25) is 0 Å². The molecule has 0 radical (unpaired) electrons. The van der Waals surface area contributed by atoms with Gasteiger partial charge in [0.1, 0.15) is 11.6 Å². The summed E-state index contributed by atoms with van der Waals surface area (Å²) in [5.74, 6) is 0.982. The number of aromatic nitrogens is 3. The van der Waals surface area contributed by atoms with Gasteiger partial charge >= 0.3 is 0 Å². The van der Waals surface area contributed by atoms with Crippen LogP contribution in [0.5, 0.6) is 0 Å². The number of benzene rings is 1. The number of fused-ring (bicyclic) bond motifs is 1. The highest BCUT2D eigenvalue weighted by atomic mass is 16.3. The SMILES string of the molecule is Cc1cc(=O)[nH]n1-c1ccc(N/C=C2\C(=O)Nc3ncc(-c4ccco4)cc32)cc1. The van der Waals surface area contributed by atoms with E-state index >= 15 is 0 Å². The molecule has 1 aliphatic rings. The van der Waals surface area contributed by atoms with Crippen molar-refractivity contribution in [2.45, 2.75) is 6.92 Å². The molecule has 5 rings (SSSR count). The van der Waals surface area contributed by atoms with Gasteiger partial charge in [-0.15, -0.1) is 0 Å². The van der Waals surface area contributed by atoms with Gasteiger partial charge in [0.15, 0.2) is 0 Å². The third-order valence-corrected chi connectivity index (χ3v) is 4.88. The van der Waals surface area contributed by atoms with E-state index < -0.39 is 0 Å².